The van der Waals surface area contributed by atoms with Crippen LogP contribution in [0.5, 0.6) is 5.75 Å². The van der Waals surface area contributed by atoms with E-state index in [0.29, 0.717) is 16.1 Å². The zero-order chi connectivity index (χ0) is 25.4. The molecule has 0 fully saturated rings. The van der Waals surface area contributed by atoms with Crippen molar-refractivity contribution in [3.05, 3.63) is 108 Å². The molecule has 0 bridgehead atoms. The van der Waals surface area contributed by atoms with Crippen LogP contribution in [0.3, 0.4) is 0 Å². The number of non-ortho nitro benzene ring substituents is 1. The van der Waals surface area contributed by atoms with Gasteiger partial charge in [-0.3, -0.25) is 10.1 Å². The topological polar surface area (TPSA) is 108 Å². The Hall–Kier alpha value is -3.86. The summed E-state index contributed by atoms with van der Waals surface area (Å²) < 4.78 is 12.6. The fourth-order valence-corrected chi connectivity index (χ4v) is 5.35. The zero-order valence-electron chi connectivity index (χ0n) is 17.9. The number of nitro benzene ring substituents is 1. The van der Waals surface area contributed by atoms with Crippen LogP contribution >= 0.6 is 38.9 Å². The fraction of sp³-hybridized carbons (Fsp3) is 0. The smallest absolute Gasteiger partial charge is 0.363 e. The second kappa shape index (κ2) is 9.65. The highest BCUT2D eigenvalue weighted by Crippen LogP contribution is 2.37. The van der Waals surface area contributed by atoms with E-state index in [9.17, 15) is 19.7 Å². The van der Waals surface area contributed by atoms with Crippen molar-refractivity contribution in [1.29, 1.82) is 0 Å². The maximum absolute atomic E-state index is 13.0. The standard InChI is InChI=1S/C25H12BrClN2O6S/c26-15-7-10-17-20(12-15)36-22(21(17)27)25(31)34-19-4-2-1-3-14(19)11-18-24(30)35-23(28-18)13-5-8-16(9-6-13)29(32)33/h1-12H/b18-11+. The summed E-state index contributed by atoms with van der Waals surface area (Å²) in [6, 6.07) is 17.6. The van der Waals surface area contributed by atoms with E-state index in [0.717, 1.165) is 14.6 Å². The van der Waals surface area contributed by atoms with Crippen molar-refractivity contribution in [2.45, 2.75) is 0 Å². The van der Waals surface area contributed by atoms with Gasteiger partial charge in [0.15, 0.2) is 5.70 Å². The lowest BCUT2D eigenvalue weighted by Crippen LogP contribution is -2.08. The molecule has 178 valence electrons. The number of aliphatic imine (C=N–C) groups is 1. The summed E-state index contributed by atoms with van der Waals surface area (Å²) in [6.07, 6.45) is 1.44. The number of carbonyl (C=O) groups excluding carboxylic acids is 2. The number of nitrogens with zero attached hydrogens (tertiary/aromatic N) is 2. The number of carbonyl (C=O) groups is 2. The van der Waals surface area contributed by atoms with Crippen LogP contribution < -0.4 is 4.74 Å². The van der Waals surface area contributed by atoms with Crippen molar-refractivity contribution < 1.29 is 24.0 Å². The Morgan fingerprint density at radius 2 is 1.89 bits per heavy atom. The second-order valence-corrected chi connectivity index (χ2v) is 9.80. The molecule has 11 heteroatoms. The van der Waals surface area contributed by atoms with Crippen molar-refractivity contribution in [3.63, 3.8) is 0 Å². The number of nitro groups is 1. The molecule has 4 aromatic rings. The quantitative estimate of drug-likeness (QED) is 0.0842. The largest absolute Gasteiger partial charge is 0.422 e. The van der Waals surface area contributed by atoms with Gasteiger partial charge in [-0.05, 0) is 36.4 Å². The molecule has 5 rings (SSSR count). The van der Waals surface area contributed by atoms with E-state index in [2.05, 4.69) is 20.9 Å². The highest BCUT2D eigenvalue weighted by atomic mass is 79.9. The lowest BCUT2D eigenvalue weighted by molar-refractivity contribution is -0.384. The second-order valence-electron chi connectivity index (χ2n) is 7.45. The fourth-order valence-electron chi connectivity index (χ4n) is 3.41. The normalized spacial score (nSPS) is 14.1. The monoisotopic (exact) mass is 582 g/mol. The predicted octanol–water partition coefficient (Wildman–Crippen LogP) is 6.79. The molecule has 0 N–H and O–H groups in total. The van der Waals surface area contributed by atoms with Crippen LogP contribution in [0.4, 0.5) is 5.69 Å². The van der Waals surface area contributed by atoms with Gasteiger partial charge in [0.05, 0.1) is 9.95 Å². The molecule has 0 saturated heterocycles. The number of fused-ring (bicyclic) bond motifs is 1. The minimum absolute atomic E-state index is 0.0128. The summed E-state index contributed by atoms with van der Waals surface area (Å²) in [5.74, 6) is -1.12. The summed E-state index contributed by atoms with van der Waals surface area (Å²) in [6.45, 7) is 0. The van der Waals surface area contributed by atoms with E-state index >= 15 is 0 Å². The summed E-state index contributed by atoms with van der Waals surface area (Å²) in [4.78, 5) is 40.2. The first-order chi connectivity index (χ1) is 17.3. The Bertz CT molecular complexity index is 1630. The summed E-state index contributed by atoms with van der Waals surface area (Å²) in [5, 5.41) is 11.9. The summed E-state index contributed by atoms with van der Waals surface area (Å²) >= 11 is 11.1. The molecule has 1 aliphatic rings. The first kappa shape index (κ1) is 23.9. The Kier molecular flexibility index (Phi) is 6.40. The number of rotatable bonds is 5. The van der Waals surface area contributed by atoms with Crippen LogP contribution in [0.15, 0.2) is 81.9 Å². The van der Waals surface area contributed by atoms with E-state index in [1.807, 2.05) is 18.2 Å². The van der Waals surface area contributed by atoms with Gasteiger partial charge in [-0.2, -0.15) is 0 Å². The number of thiophene rings is 1. The molecule has 0 spiro atoms. The maximum Gasteiger partial charge on any atom is 0.363 e. The molecule has 2 heterocycles. The molecule has 0 atom stereocenters. The Morgan fingerprint density at radius 1 is 1.14 bits per heavy atom. The molecule has 1 aromatic heterocycles. The summed E-state index contributed by atoms with van der Waals surface area (Å²) in [5.41, 5.74) is 0.715. The van der Waals surface area contributed by atoms with Crippen molar-refractivity contribution >= 4 is 78.6 Å². The average Bonchev–Trinajstić information content (AvgIpc) is 3.39. The number of esters is 2. The molecule has 8 nitrogen and oxygen atoms in total. The van der Waals surface area contributed by atoms with Crippen LogP contribution in [0, 0.1) is 10.1 Å². The predicted molar refractivity (Wildman–Crippen MR) is 140 cm³/mol. The van der Waals surface area contributed by atoms with Crippen molar-refractivity contribution in [2.24, 2.45) is 4.99 Å². The highest BCUT2D eigenvalue weighted by molar-refractivity contribution is 9.10. The molecular weight excluding hydrogens is 572 g/mol. The Balaban J connectivity index is 1.43. The number of hydrogen-bond acceptors (Lipinski definition) is 8. The third kappa shape index (κ3) is 4.66. The van der Waals surface area contributed by atoms with Crippen LogP contribution in [0.2, 0.25) is 5.02 Å². The molecule has 3 aromatic carbocycles. The number of cyclic esters (lactones) is 1. The van der Waals surface area contributed by atoms with Gasteiger partial charge in [0, 0.05) is 37.8 Å². The third-order valence-electron chi connectivity index (χ3n) is 5.14. The van der Waals surface area contributed by atoms with Gasteiger partial charge < -0.3 is 9.47 Å². The molecule has 36 heavy (non-hydrogen) atoms. The summed E-state index contributed by atoms with van der Waals surface area (Å²) in [7, 11) is 0. The van der Waals surface area contributed by atoms with Crippen LogP contribution in [0.1, 0.15) is 20.8 Å². The number of halogens is 2. The number of para-hydroxylation sites is 1. The van der Waals surface area contributed by atoms with Crippen molar-refractivity contribution in [3.8, 4) is 5.75 Å². The van der Waals surface area contributed by atoms with Gasteiger partial charge in [0.1, 0.15) is 10.6 Å². The van der Waals surface area contributed by atoms with Crippen molar-refractivity contribution in [1.82, 2.24) is 0 Å². The number of ether oxygens (including phenoxy) is 2. The Morgan fingerprint density at radius 3 is 2.64 bits per heavy atom. The highest BCUT2D eigenvalue weighted by Gasteiger charge is 2.26. The van der Waals surface area contributed by atoms with Gasteiger partial charge in [-0.15, -0.1) is 11.3 Å². The molecular formula is C25H12BrClN2O6S. The van der Waals surface area contributed by atoms with Crippen molar-refractivity contribution in [2.75, 3.05) is 0 Å². The number of hydrogen-bond donors (Lipinski definition) is 0. The molecule has 0 saturated carbocycles. The van der Waals surface area contributed by atoms with Crippen LogP contribution in [0.25, 0.3) is 16.2 Å². The van der Waals surface area contributed by atoms with E-state index in [1.54, 1.807) is 24.3 Å². The maximum atomic E-state index is 13.0. The zero-order valence-corrected chi connectivity index (χ0v) is 21.1. The van der Waals surface area contributed by atoms with Crippen LogP contribution in [-0.4, -0.2) is 22.8 Å². The SMILES string of the molecule is O=C1OC(c2ccc([N+](=O)[O-])cc2)=N/C1=C/c1ccccc1OC(=O)c1sc2cc(Br)ccc2c1Cl. The van der Waals surface area contributed by atoms with Gasteiger partial charge in [-0.25, -0.2) is 14.6 Å². The molecule has 0 aliphatic carbocycles. The molecule has 0 radical (unpaired) electrons. The Labute approximate surface area is 220 Å². The van der Waals surface area contributed by atoms with E-state index < -0.39 is 16.9 Å². The first-order valence-corrected chi connectivity index (χ1v) is 12.2. The van der Waals surface area contributed by atoms with Crippen LogP contribution in [-0.2, 0) is 9.53 Å². The average molecular weight is 584 g/mol. The minimum Gasteiger partial charge on any atom is -0.422 e. The molecule has 0 unspecified atom stereocenters. The van der Waals surface area contributed by atoms with Gasteiger partial charge in [-0.1, -0.05) is 51.8 Å². The van der Waals surface area contributed by atoms with Gasteiger partial charge in [0.25, 0.3) is 5.69 Å². The van der Waals surface area contributed by atoms with Gasteiger partial charge in [0.2, 0.25) is 5.90 Å². The third-order valence-corrected chi connectivity index (χ3v) is 7.27. The van der Waals surface area contributed by atoms with Gasteiger partial charge >= 0.3 is 11.9 Å². The van der Waals surface area contributed by atoms with E-state index in [1.165, 1.54) is 41.7 Å². The lowest BCUT2D eigenvalue weighted by atomic mass is 10.1. The minimum atomic E-state index is -0.706. The molecule has 0 amide bonds. The first-order valence-electron chi connectivity index (χ1n) is 10.3. The number of benzene rings is 3. The molecule has 1 aliphatic heterocycles. The van der Waals surface area contributed by atoms with E-state index in [4.69, 9.17) is 21.1 Å². The lowest BCUT2D eigenvalue weighted by Gasteiger charge is -2.07. The van der Waals surface area contributed by atoms with E-state index in [-0.39, 0.29) is 27.9 Å².